The van der Waals surface area contributed by atoms with Crippen molar-refractivity contribution in [1.29, 1.82) is 0 Å². The molecule has 2 nitrogen and oxygen atoms in total. The summed E-state index contributed by atoms with van der Waals surface area (Å²) in [5.41, 5.74) is 0.534. The number of hydrogen-bond acceptors (Lipinski definition) is 2. The summed E-state index contributed by atoms with van der Waals surface area (Å²) in [5.74, 6) is 0. The Labute approximate surface area is 92.9 Å². The lowest BCUT2D eigenvalue weighted by Gasteiger charge is -2.02. The van der Waals surface area contributed by atoms with Gasteiger partial charge in [0.25, 0.3) is 0 Å². The highest BCUT2D eigenvalue weighted by Crippen LogP contribution is 2.14. The molecule has 1 aromatic carbocycles. The van der Waals surface area contributed by atoms with E-state index in [-0.39, 0.29) is 0 Å². The molecular formula is C9H6BrF3NO. The Morgan fingerprint density at radius 1 is 1.40 bits per heavy atom. The average Bonchev–Trinajstić information content (AvgIpc) is 2.11. The second kappa shape index (κ2) is 5.16. The third-order valence-corrected chi connectivity index (χ3v) is 1.79. The van der Waals surface area contributed by atoms with Crippen molar-refractivity contribution in [3.8, 4) is 0 Å². The lowest BCUT2D eigenvalue weighted by atomic mass is 10.2. The Bertz CT molecular complexity index is 351. The van der Waals surface area contributed by atoms with Crippen molar-refractivity contribution in [3.63, 3.8) is 0 Å². The monoisotopic (exact) mass is 280 g/mol. The lowest BCUT2D eigenvalue weighted by molar-refractivity contribution is -0.173. The number of rotatable bonds is 3. The molecule has 0 amide bonds. The smallest absolute Gasteiger partial charge is 0.386 e. The summed E-state index contributed by atoms with van der Waals surface area (Å²) in [7, 11) is 0. The van der Waals surface area contributed by atoms with Gasteiger partial charge in [-0.3, -0.25) is 0 Å². The van der Waals surface area contributed by atoms with Gasteiger partial charge in [-0.15, -0.1) is 0 Å². The first kappa shape index (κ1) is 12.0. The Morgan fingerprint density at radius 3 is 2.73 bits per heavy atom. The maximum absolute atomic E-state index is 11.6. The molecule has 6 heteroatoms. The van der Waals surface area contributed by atoms with Crippen LogP contribution in [0, 0.1) is 0 Å². The average molecular weight is 281 g/mol. The van der Waals surface area contributed by atoms with Crippen molar-refractivity contribution < 1.29 is 18.0 Å². The maximum atomic E-state index is 11.6. The summed E-state index contributed by atoms with van der Waals surface area (Å²) < 4.78 is 35.7. The predicted octanol–water partition coefficient (Wildman–Crippen LogP) is 3.24. The Hall–Kier alpha value is -1.04. The quantitative estimate of drug-likeness (QED) is 0.615. The molecule has 0 fully saturated rings. The molecule has 1 aromatic rings. The highest BCUT2D eigenvalue weighted by atomic mass is 79.9. The fraction of sp³-hybridized carbons (Fsp3) is 0.222. The second-order valence-electron chi connectivity index (χ2n) is 2.60. The Kier molecular flexibility index (Phi) is 4.14. The van der Waals surface area contributed by atoms with Crippen molar-refractivity contribution in [2.24, 2.45) is 5.16 Å². The molecule has 15 heavy (non-hydrogen) atoms. The number of halogens is 4. The van der Waals surface area contributed by atoms with Crippen LogP contribution >= 0.6 is 15.9 Å². The zero-order valence-electron chi connectivity index (χ0n) is 7.38. The van der Waals surface area contributed by atoms with Crippen molar-refractivity contribution in [1.82, 2.24) is 0 Å². The molecular weight excluding hydrogens is 275 g/mol. The fourth-order valence-corrected chi connectivity index (χ4v) is 1.15. The number of benzene rings is 1. The van der Waals surface area contributed by atoms with Crippen LogP contribution in [0.15, 0.2) is 33.9 Å². The van der Waals surface area contributed by atoms with E-state index in [2.05, 4.69) is 32.1 Å². The van der Waals surface area contributed by atoms with Crippen LogP contribution in [0.4, 0.5) is 13.2 Å². The SMILES string of the molecule is FC(F)(F)CO/N=[C]\c1cccc(Br)c1. The lowest BCUT2D eigenvalue weighted by Crippen LogP contribution is -2.14. The van der Waals surface area contributed by atoms with E-state index in [4.69, 9.17) is 0 Å². The third kappa shape index (κ3) is 5.41. The van der Waals surface area contributed by atoms with E-state index in [1.165, 1.54) is 0 Å². The molecule has 1 radical (unpaired) electrons. The van der Waals surface area contributed by atoms with Gasteiger partial charge < -0.3 is 4.84 Å². The van der Waals surface area contributed by atoms with E-state index >= 15 is 0 Å². The maximum Gasteiger partial charge on any atom is 0.425 e. The normalized spacial score (nSPS) is 12.0. The molecule has 0 saturated heterocycles. The van der Waals surface area contributed by atoms with E-state index in [0.29, 0.717) is 5.56 Å². The van der Waals surface area contributed by atoms with Crippen LogP contribution < -0.4 is 0 Å². The Morgan fingerprint density at radius 2 is 2.13 bits per heavy atom. The molecule has 0 spiro atoms. The molecule has 0 bridgehead atoms. The van der Waals surface area contributed by atoms with Crippen LogP contribution in [0.5, 0.6) is 0 Å². The molecule has 0 heterocycles. The van der Waals surface area contributed by atoms with Crippen molar-refractivity contribution in [2.45, 2.75) is 6.18 Å². The zero-order valence-corrected chi connectivity index (χ0v) is 8.97. The van der Waals surface area contributed by atoms with Gasteiger partial charge in [-0.05, 0) is 12.1 Å². The van der Waals surface area contributed by atoms with E-state index in [1.807, 2.05) is 0 Å². The van der Waals surface area contributed by atoms with E-state index in [1.54, 1.807) is 24.3 Å². The van der Waals surface area contributed by atoms with Crippen LogP contribution in [-0.2, 0) is 4.84 Å². The standard InChI is InChI=1S/C9H6BrF3NO/c10-8-3-1-2-7(4-8)5-14-15-6-9(11,12)13/h1-4H,6H2. The summed E-state index contributed by atoms with van der Waals surface area (Å²) in [6.07, 6.45) is -2.04. The summed E-state index contributed by atoms with van der Waals surface area (Å²) in [4.78, 5) is 4.02. The first-order chi connectivity index (χ1) is 6.97. The van der Waals surface area contributed by atoms with Gasteiger partial charge in [0.1, 0.15) is 6.21 Å². The molecule has 0 unspecified atom stereocenters. The predicted molar refractivity (Wildman–Crippen MR) is 52.7 cm³/mol. The molecule has 0 atom stereocenters. The summed E-state index contributed by atoms with van der Waals surface area (Å²) in [6, 6.07) is 6.79. The van der Waals surface area contributed by atoms with Gasteiger partial charge in [0, 0.05) is 10.0 Å². The number of alkyl halides is 3. The van der Waals surface area contributed by atoms with Gasteiger partial charge >= 0.3 is 6.18 Å². The first-order valence-corrected chi connectivity index (χ1v) is 4.67. The van der Waals surface area contributed by atoms with Crippen molar-refractivity contribution in [3.05, 3.63) is 34.3 Å². The molecule has 0 saturated carbocycles. The largest absolute Gasteiger partial charge is 0.425 e. The fourth-order valence-electron chi connectivity index (χ4n) is 0.748. The number of nitrogens with zero attached hydrogens (tertiary/aromatic N) is 1. The van der Waals surface area contributed by atoms with Crippen LogP contribution in [-0.4, -0.2) is 19.0 Å². The topological polar surface area (TPSA) is 21.6 Å². The van der Waals surface area contributed by atoms with E-state index in [0.717, 1.165) is 4.47 Å². The third-order valence-electron chi connectivity index (χ3n) is 1.29. The van der Waals surface area contributed by atoms with Gasteiger partial charge in [-0.25, -0.2) is 0 Å². The Balaban J connectivity index is 2.45. The summed E-state index contributed by atoms with van der Waals surface area (Å²) in [5, 5.41) is 3.08. The van der Waals surface area contributed by atoms with Crippen molar-refractivity contribution in [2.75, 3.05) is 6.61 Å². The van der Waals surface area contributed by atoms with Gasteiger partial charge in [-0.2, -0.15) is 13.2 Å². The molecule has 0 aliphatic rings. The molecule has 0 aromatic heterocycles. The molecule has 0 aliphatic carbocycles. The van der Waals surface area contributed by atoms with Gasteiger partial charge in [0.2, 0.25) is 6.61 Å². The minimum atomic E-state index is -4.37. The van der Waals surface area contributed by atoms with Crippen LogP contribution in [0.25, 0.3) is 0 Å². The van der Waals surface area contributed by atoms with Gasteiger partial charge in [0.15, 0.2) is 0 Å². The van der Waals surface area contributed by atoms with Crippen molar-refractivity contribution >= 4 is 22.1 Å². The van der Waals surface area contributed by atoms with Gasteiger partial charge in [-0.1, -0.05) is 33.2 Å². The van der Waals surface area contributed by atoms with E-state index < -0.39 is 12.8 Å². The molecule has 0 aliphatic heterocycles. The minimum absolute atomic E-state index is 0.534. The van der Waals surface area contributed by atoms with Crippen LogP contribution in [0.2, 0.25) is 0 Å². The molecule has 1 rings (SSSR count). The van der Waals surface area contributed by atoms with E-state index in [9.17, 15) is 13.2 Å². The highest BCUT2D eigenvalue weighted by molar-refractivity contribution is 9.10. The highest BCUT2D eigenvalue weighted by Gasteiger charge is 2.28. The molecule has 0 N–H and O–H groups in total. The summed E-state index contributed by atoms with van der Waals surface area (Å²) >= 11 is 3.20. The van der Waals surface area contributed by atoms with Crippen LogP contribution in [0.3, 0.4) is 0 Å². The first-order valence-electron chi connectivity index (χ1n) is 3.88. The number of hydrogen-bond donors (Lipinski definition) is 0. The summed E-state index contributed by atoms with van der Waals surface area (Å²) in [6.45, 7) is -1.41. The minimum Gasteiger partial charge on any atom is -0.386 e. The zero-order chi connectivity index (χ0) is 11.3. The second-order valence-corrected chi connectivity index (χ2v) is 3.52. The van der Waals surface area contributed by atoms with Gasteiger partial charge in [0.05, 0.1) is 0 Å². The van der Waals surface area contributed by atoms with Crippen LogP contribution in [0.1, 0.15) is 5.56 Å². The molecule has 81 valence electrons.